The van der Waals surface area contributed by atoms with Crippen LogP contribution in [-0.4, -0.2) is 11.9 Å². The zero-order valence-corrected chi connectivity index (χ0v) is 14.9. The van der Waals surface area contributed by atoms with E-state index >= 15 is 0 Å². The van der Waals surface area contributed by atoms with Crippen molar-refractivity contribution in [2.24, 2.45) is 0 Å². The highest BCUT2D eigenvalue weighted by Gasteiger charge is 2.32. The van der Waals surface area contributed by atoms with Crippen LogP contribution in [0.25, 0.3) is 0 Å². The molecule has 0 saturated heterocycles. The Morgan fingerprint density at radius 3 is 2.52 bits per heavy atom. The van der Waals surface area contributed by atoms with E-state index in [0.717, 1.165) is 4.47 Å². The lowest BCUT2D eigenvalue weighted by Gasteiger charge is -2.28. The summed E-state index contributed by atoms with van der Waals surface area (Å²) in [4.78, 5) is 24.6. The van der Waals surface area contributed by atoms with Crippen LogP contribution in [0, 0.1) is 5.82 Å². The predicted octanol–water partition coefficient (Wildman–Crippen LogP) is 3.85. The van der Waals surface area contributed by atoms with E-state index in [2.05, 4.69) is 31.9 Å². The van der Waals surface area contributed by atoms with Crippen LogP contribution in [0.15, 0.2) is 64.3 Å². The summed E-state index contributed by atoms with van der Waals surface area (Å²) in [5, 5.41) is 7.95. The van der Waals surface area contributed by atoms with Crippen molar-refractivity contribution in [2.75, 3.05) is 5.32 Å². The molecule has 2 aromatic rings. The second-order valence-corrected chi connectivity index (χ2v) is 6.47. The maximum atomic E-state index is 14.2. The zero-order chi connectivity index (χ0) is 18.0. The van der Waals surface area contributed by atoms with Crippen LogP contribution < -0.4 is 16.0 Å². The average molecular weight is 404 g/mol. The largest absolute Gasteiger partial charge is 0.327 e. The minimum absolute atomic E-state index is 0.234. The molecule has 0 bridgehead atoms. The number of benzene rings is 2. The lowest BCUT2D eigenvalue weighted by Crippen LogP contribution is -2.46. The number of nitrogens with one attached hydrogen (secondary N) is 3. The van der Waals surface area contributed by atoms with Crippen LogP contribution in [0.3, 0.4) is 0 Å². The smallest absolute Gasteiger partial charge is 0.319 e. The lowest BCUT2D eigenvalue weighted by molar-refractivity contribution is -0.113. The lowest BCUT2D eigenvalue weighted by atomic mass is 9.94. The Balaban J connectivity index is 1.96. The first-order chi connectivity index (χ1) is 12.0. The summed E-state index contributed by atoms with van der Waals surface area (Å²) in [6.45, 7) is 1.61. The average Bonchev–Trinajstić information content (AvgIpc) is 2.56. The van der Waals surface area contributed by atoms with Crippen molar-refractivity contribution in [1.29, 1.82) is 0 Å². The summed E-state index contributed by atoms with van der Waals surface area (Å²) in [6.07, 6.45) is 0. The highest BCUT2D eigenvalue weighted by Crippen LogP contribution is 2.29. The molecule has 25 heavy (non-hydrogen) atoms. The van der Waals surface area contributed by atoms with E-state index in [-0.39, 0.29) is 11.1 Å². The topological polar surface area (TPSA) is 70.2 Å². The number of halogens is 2. The van der Waals surface area contributed by atoms with E-state index in [0.29, 0.717) is 11.4 Å². The molecule has 1 atom stereocenters. The normalized spacial score (nSPS) is 16.9. The third kappa shape index (κ3) is 3.71. The number of carbonyl (C=O) groups is 2. The minimum Gasteiger partial charge on any atom is -0.327 e. The standard InChI is InChI=1S/C18H15BrFN3O2/c1-10-15(17(24)22-12-8-6-11(19)7-9-12)16(23-18(25)21-10)13-4-2-3-5-14(13)20/h2-9,16H,1H3,(H,22,24)(H2,21,23,25). The van der Waals surface area contributed by atoms with E-state index in [9.17, 15) is 14.0 Å². The fourth-order valence-corrected chi connectivity index (χ4v) is 2.93. The number of hydrogen-bond acceptors (Lipinski definition) is 2. The quantitative estimate of drug-likeness (QED) is 0.728. The van der Waals surface area contributed by atoms with Gasteiger partial charge in [-0.25, -0.2) is 9.18 Å². The minimum atomic E-state index is -0.870. The predicted molar refractivity (Wildman–Crippen MR) is 96.3 cm³/mol. The second-order valence-electron chi connectivity index (χ2n) is 5.55. The molecular formula is C18H15BrFN3O2. The summed E-state index contributed by atoms with van der Waals surface area (Å²) in [5.74, 6) is -0.906. The van der Waals surface area contributed by atoms with E-state index in [4.69, 9.17) is 0 Å². The van der Waals surface area contributed by atoms with Gasteiger partial charge in [0.15, 0.2) is 0 Å². The first-order valence-corrected chi connectivity index (χ1v) is 8.34. The van der Waals surface area contributed by atoms with Crippen molar-refractivity contribution in [3.63, 3.8) is 0 Å². The first-order valence-electron chi connectivity index (χ1n) is 7.55. The summed E-state index contributed by atoms with van der Waals surface area (Å²) >= 11 is 3.33. The van der Waals surface area contributed by atoms with Crippen molar-refractivity contribution >= 4 is 33.6 Å². The molecule has 128 valence electrons. The van der Waals surface area contributed by atoms with Gasteiger partial charge in [0.05, 0.1) is 11.6 Å². The third-order valence-electron chi connectivity index (χ3n) is 3.83. The van der Waals surface area contributed by atoms with Crippen molar-refractivity contribution in [1.82, 2.24) is 10.6 Å². The van der Waals surface area contributed by atoms with Crippen molar-refractivity contribution < 1.29 is 14.0 Å². The fourth-order valence-electron chi connectivity index (χ4n) is 2.67. The summed E-state index contributed by atoms with van der Waals surface area (Å²) < 4.78 is 15.1. The molecule has 0 saturated carbocycles. The van der Waals surface area contributed by atoms with E-state index < -0.39 is 23.8 Å². The maximum Gasteiger partial charge on any atom is 0.319 e. The van der Waals surface area contributed by atoms with Crippen molar-refractivity contribution in [2.45, 2.75) is 13.0 Å². The summed E-state index contributed by atoms with van der Waals surface area (Å²) in [7, 11) is 0. The number of anilines is 1. The second kappa shape index (κ2) is 7.06. The van der Waals surface area contributed by atoms with E-state index in [1.165, 1.54) is 6.07 Å². The number of allylic oxidation sites excluding steroid dienone is 1. The molecule has 1 unspecified atom stereocenters. The Labute approximate surface area is 152 Å². The van der Waals surface area contributed by atoms with Gasteiger partial charge in [0, 0.05) is 21.4 Å². The highest BCUT2D eigenvalue weighted by atomic mass is 79.9. The highest BCUT2D eigenvalue weighted by molar-refractivity contribution is 9.10. The Hall–Kier alpha value is -2.67. The van der Waals surface area contributed by atoms with Crippen molar-refractivity contribution in [3.8, 4) is 0 Å². The zero-order valence-electron chi connectivity index (χ0n) is 13.3. The molecular weight excluding hydrogens is 389 g/mol. The van der Waals surface area contributed by atoms with Crippen molar-refractivity contribution in [3.05, 3.63) is 75.7 Å². The molecule has 1 aliphatic rings. The van der Waals surface area contributed by atoms with Gasteiger partial charge in [-0.05, 0) is 37.3 Å². The van der Waals surface area contributed by atoms with Crippen LogP contribution in [-0.2, 0) is 4.79 Å². The Bertz CT molecular complexity index is 865. The van der Waals surface area contributed by atoms with Gasteiger partial charge in [-0.3, -0.25) is 4.79 Å². The van der Waals surface area contributed by atoms with E-state index in [1.807, 2.05) is 0 Å². The number of carbonyl (C=O) groups excluding carboxylic acids is 2. The van der Waals surface area contributed by atoms with Crippen LogP contribution in [0.5, 0.6) is 0 Å². The molecule has 5 nitrogen and oxygen atoms in total. The molecule has 3 amide bonds. The van der Waals surface area contributed by atoms with Crippen LogP contribution in [0.2, 0.25) is 0 Å². The van der Waals surface area contributed by atoms with Gasteiger partial charge in [0.1, 0.15) is 5.82 Å². The number of amides is 3. The van der Waals surface area contributed by atoms with E-state index in [1.54, 1.807) is 49.4 Å². The summed E-state index contributed by atoms with van der Waals surface area (Å²) in [5.41, 5.74) is 1.47. The van der Waals surface area contributed by atoms with Gasteiger partial charge < -0.3 is 16.0 Å². The van der Waals surface area contributed by atoms with Gasteiger partial charge in [-0.2, -0.15) is 0 Å². The third-order valence-corrected chi connectivity index (χ3v) is 4.36. The molecule has 1 aliphatic heterocycles. The molecule has 3 rings (SSSR count). The maximum absolute atomic E-state index is 14.2. The van der Waals surface area contributed by atoms with Crippen LogP contribution in [0.1, 0.15) is 18.5 Å². The number of hydrogen-bond donors (Lipinski definition) is 3. The molecule has 0 aliphatic carbocycles. The first kappa shape index (κ1) is 17.2. The Kier molecular flexibility index (Phi) is 4.85. The molecule has 0 fully saturated rings. The van der Waals surface area contributed by atoms with Gasteiger partial charge in [0.25, 0.3) is 5.91 Å². The molecule has 0 spiro atoms. The Morgan fingerprint density at radius 2 is 1.84 bits per heavy atom. The van der Waals surface area contributed by atoms with Crippen LogP contribution in [0.4, 0.5) is 14.9 Å². The van der Waals surface area contributed by atoms with Crippen LogP contribution >= 0.6 is 15.9 Å². The van der Waals surface area contributed by atoms with Gasteiger partial charge in [-0.15, -0.1) is 0 Å². The number of rotatable bonds is 3. The number of urea groups is 1. The fraction of sp³-hybridized carbons (Fsp3) is 0.111. The van der Waals surface area contributed by atoms with Gasteiger partial charge in [-0.1, -0.05) is 34.1 Å². The molecule has 0 aromatic heterocycles. The molecule has 1 heterocycles. The molecule has 2 aromatic carbocycles. The SMILES string of the molecule is CC1=C(C(=O)Nc2ccc(Br)cc2)C(c2ccccc2F)NC(=O)N1. The molecule has 0 radical (unpaired) electrons. The molecule has 7 heteroatoms. The summed E-state index contributed by atoms with van der Waals surface area (Å²) in [6, 6.07) is 11.8. The Morgan fingerprint density at radius 1 is 1.16 bits per heavy atom. The monoisotopic (exact) mass is 403 g/mol. The van der Waals surface area contributed by atoms with Gasteiger partial charge in [0.2, 0.25) is 0 Å². The molecule has 3 N–H and O–H groups in total. The van der Waals surface area contributed by atoms with Gasteiger partial charge >= 0.3 is 6.03 Å².